The lowest BCUT2D eigenvalue weighted by Gasteiger charge is -2.22. The second-order valence-electron chi connectivity index (χ2n) is 6.63. The van der Waals surface area contributed by atoms with E-state index in [4.69, 9.17) is 0 Å². The van der Waals surface area contributed by atoms with Crippen molar-refractivity contribution < 1.29 is 22.8 Å². The number of nitrogens with one attached hydrogen (secondary N) is 2. The minimum atomic E-state index is -4.44. The van der Waals surface area contributed by atoms with Gasteiger partial charge in [-0.1, -0.05) is 31.5 Å². The molecule has 2 aromatic carbocycles. The van der Waals surface area contributed by atoms with Crippen LogP contribution >= 0.6 is 0 Å². The molecule has 144 valence electrons. The van der Waals surface area contributed by atoms with Gasteiger partial charge < -0.3 is 10.6 Å². The van der Waals surface area contributed by atoms with Gasteiger partial charge in [0.2, 0.25) is 5.91 Å². The Labute approximate surface area is 155 Å². The third-order valence-corrected chi connectivity index (χ3v) is 4.03. The molecule has 2 amide bonds. The van der Waals surface area contributed by atoms with Crippen molar-refractivity contribution in [2.75, 3.05) is 5.32 Å². The maximum atomic E-state index is 12.6. The van der Waals surface area contributed by atoms with Gasteiger partial charge in [0.1, 0.15) is 6.04 Å². The summed E-state index contributed by atoms with van der Waals surface area (Å²) in [6.07, 6.45) is -4.44. The fourth-order valence-corrected chi connectivity index (χ4v) is 2.43. The molecule has 0 spiro atoms. The largest absolute Gasteiger partial charge is 0.416 e. The first-order valence-electron chi connectivity index (χ1n) is 8.43. The average Bonchev–Trinajstić information content (AvgIpc) is 2.59. The summed E-state index contributed by atoms with van der Waals surface area (Å²) in [6, 6.07) is 10.2. The standard InChI is InChI=1S/C20H21F3N2O2/c1-12(2)17(25-18(26)14-6-4-13(3)5-7-14)19(27)24-16-10-8-15(9-11-16)20(21,22)23/h4-12,17H,1-3H3,(H,24,27)(H,25,26)/t17-/m0/s1. The van der Waals surface area contributed by atoms with Crippen molar-refractivity contribution in [2.45, 2.75) is 33.0 Å². The van der Waals surface area contributed by atoms with Gasteiger partial charge in [0.05, 0.1) is 5.56 Å². The normalized spacial score (nSPS) is 12.6. The van der Waals surface area contributed by atoms with E-state index in [0.717, 1.165) is 17.7 Å². The highest BCUT2D eigenvalue weighted by molar-refractivity contribution is 6.01. The van der Waals surface area contributed by atoms with Crippen LogP contribution in [0, 0.1) is 12.8 Å². The van der Waals surface area contributed by atoms with Gasteiger partial charge in [-0.25, -0.2) is 0 Å². The molecule has 4 nitrogen and oxygen atoms in total. The summed E-state index contributed by atoms with van der Waals surface area (Å²) in [5.74, 6) is -1.10. The molecule has 27 heavy (non-hydrogen) atoms. The van der Waals surface area contributed by atoms with Crippen molar-refractivity contribution >= 4 is 17.5 Å². The summed E-state index contributed by atoms with van der Waals surface area (Å²) in [4.78, 5) is 24.9. The first-order chi connectivity index (χ1) is 12.6. The lowest BCUT2D eigenvalue weighted by molar-refractivity contribution is -0.137. The zero-order valence-corrected chi connectivity index (χ0v) is 15.2. The molecule has 0 saturated heterocycles. The second kappa shape index (κ2) is 8.24. The molecule has 1 atom stereocenters. The maximum absolute atomic E-state index is 12.6. The molecular weight excluding hydrogens is 357 g/mol. The Bertz CT molecular complexity index is 797. The van der Waals surface area contributed by atoms with Gasteiger partial charge in [-0.15, -0.1) is 0 Å². The van der Waals surface area contributed by atoms with Crippen molar-refractivity contribution in [1.82, 2.24) is 5.32 Å². The van der Waals surface area contributed by atoms with Gasteiger partial charge in [-0.2, -0.15) is 13.2 Å². The Kier molecular flexibility index (Phi) is 6.25. The number of alkyl halides is 3. The molecule has 0 unspecified atom stereocenters. The Morgan fingerprint density at radius 1 is 0.926 bits per heavy atom. The number of rotatable bonds is 5. The number of amides is 2. The number of halogens is 3. The molecular formula is C20H21F3N2O2. The quantitative estimate of drug-likeness (QED) is 0.810. The van der Waals surface area contributed by atoms with Gasteiger partial charge in [0.25, 0.3) is 5.91 Å². The SMILES string of the molecule is Cc1ccc(C(=O)N[C@H](C(=O)Nc2ccc(C(F)(F)F)cc2)C(C)C)cc1. The summed E-state index contributed by atoms with van der Waals surface area (Å²) in [5, 5.41) is 5.22. The summed E-state index contributed by atoms with van der Waals surface area (Å²) in [6.45, 7) is 5.44. The van der Waals surface area contributed by atoms with Gasteiger partial charge in [-0.3, -0.25) is 9.59 Å². The number of benzene rings is 2. The van der Waals surface area contributed by atoms with Gasteiger partial charge in [0.15, 0.2) is 0 Å². The maximum Gasteiger partial charge on any atom is 0.416 e. The van der Waals surface area contributed by atoms with Crippen molar-refractivity contribution in [1.29, 1.82) is 0 Å². The van der Waals surface area contributed by atoms with E-state index in [1.807, 2.05) is 6.92 Å². The fraction of sp³-hybridized carbons (Fsp3) is 0.300. The van der Waals surface area contributed by atoms with Gasteiger partial charge in [-0.05, 0) is 49.2 Å². The molecule has 0 aliphatic carbocycles. The molecule has 7 heteroatoms. The van der Waals surface area contributed by atoms with E-state index in [-0.39, 0.29) is 11.6 Å². The predicted octanol–water partition coefficient (Wildman–Crippen LogP) is 4.41. The number of carbonyl (C=O) groups is 2. The number of anilines is 1. The van der Waals surface area contributed by atoms with Crippen LogP contribution in [0.15, 0.2) is 48.5 Å². The molecule has 0 aliphatic rings. The minimum absolute atomic E-state index is 0.214. The van der Waals surface area contributed by atoms with Crippen molar-refractivity contribution in [3.05, 3.63) is 65.2 Å². The van der Waals surface area contributed by atoms with E-state index in [1.54, 1.807) is 38.1 Å². The minimum Gasteiger partial charge on any atom is -0.340 e. The molecule has 0 aromatic heterocycles. The zero-order chi connectivity index (χ0) is 20.2. The molecule has 2 rings (SSSR count). The van der Waals surface area contributed by atoms with Crippen LogP contribution in [0.3, 0.4) is 0 Å². The Hall–Kier alpha value is -2.83. The first kappa shape index (κ1) is 20.5. The highest BCUT2D eigenvalue weighted by Crippen LogP contribution is 2.29. The summed E-state index contributed by atoms with van der Waals surface area (Å²) in [7, 11) is 0. The third kappa shape index (κ3) is 5.57. The topological polar surface area (TPSA) is 58.2 Å². The van der Waals surface area contributed by atoms with Crippen molar-refractivity contribution in [3.63, 3.8) is 0 Å². The lowest BCUT2D eigenvalue weighted by atomic mass is 10.0. The molecule has 0 saturated carbocycles. The van der Waals surface area contributed by atoms with E-state index in [0.29, 0.717) is 5.56 Å². The van der Waals surface area contributed by atoms with Crippen molar-refractivity contribution in [2.24, 2.45) is 5.92 Å². The molecule has 0 radical (unpaired) electrons. The average molecular weight is 378 g/mol. The van der Waals surface area contributed by atoms with E-state index in [2.05, 4.69) is 10.6 Å². The van der Waals surface area contributed by atoms with Crippen molar-refractivity contribution in [3.8, 4) is 0 Å². The monoisotopic (exact) mass is 378 g/mol. The fourth-order valence-electron chi connectivity index (χ4n) is 2.43. The predicted molar refractivity (Wildman–Crippen MR) is 97.3 cm³/mol. The van der Waals surface area contributed by atoms with Gasteiger partial charge >= 0.3 is 6.18 Å². The van der Waals surface area contributed by atoms with E-state index >= 15 is 0 Å². The summed E-state index contributed by atoms with van der Waals surface area (Å²) in [5.41, 5.74) is 0.859. The molecule has 2 N–H and O–H groups in total. The first-order valence-corrected chi connectivity index (χ1v) is 8.43. The molecule has 2 aromatic rings. The van der Waals surface area contributed by atoms with Crippen LogP contribution in [0.1, 0.15) is 35.3 Å². The van der Waals surface area contributed by atoms with Crippen LogP contribution in [0.25, 0.3) is 0 Å². The molecule has 0 heterocycles. The van der Waals surface area contributed by atoms with E-state index < -0.39 is 29.6 Å². The van der Waals surface area contributed by atoms with Crippen LogP contribution in [0.2, 0.25) is 0 Å². The molecule has 0 bridgehead atoms. The number of aryl methyl sites for hydroxylation is 1. The van der Waals surface area contributed by atoms with Crippen LogP contribution in [-0.2, 0) is 11.0 Å². The lowest BCUT2D eigenvalue weighted by Crippen LogP contribution is -2.47. The second-order valence-corrected chi connectivity index (χ2v) is 6.63. The van der Waals surface area contributed by atoms with E-state index in [1.165, 1.54) is 12.1 Å². The Morgan fingerprint density at radius 2 is 1.48 bits per heavy atom. The van der Waals surface area contributed by atoms with Crippen LogP contribution in [0.5, 0.6) is 0 Å². The smallest absolute Gasteiger partial charge is 0.340 e. The highest BCUT2D eigenvalue weighted by atomic mass is 19.4. The van der Waals surface area contributed by atoms with Crippen LogP contribution < -0.4 is 10.6 Å². The Balaban J connectivity index is 2.08. The summed E-state index contributed by atoms with van der Waals surface area (Å²) >= 11 is 0. The van der Waals surface area contributed by atoms with Gasteiger partial charge in [0, 0.05) is 11.3 Å². The zero-order valence-electron chi connectivity index (χ0n) is 15.2. The number of hydrogen-bond donors (Lipinski definition) is 2. The van der Waals surface area contributed by atoms with Crippen LogP contribution in [0.4, 0.5) is 18.9 Å². The van der Waals surface area contributed by atoms with E-state index in [9.17, 15) is 22.8 Å². The highest BCUT2D eigenvalue weighted by Gasteiger charge is 2.30. The number of hydrogen-bond acceptors (Lipinski definition) is 2. The molecule has 0 aliphatic heterocycles. The van der Waals surface area contributed by atoms with Crippen LogP contribution in [-0.4, -0.2) is 17.9 Å². The Morgan fingerprint density at radius 3 is 1.96 bits per heavy atom. The summed E-state index contributed by atoms with van der Waals surface area (Å²) < 4.78 is 37.8. The number of carbonyl (C=O) groups excluding carboxylic acids is 2. The molecule has 0 fully saturated rings. The third-order valence-electron chi connectivity index (χ3n) is 4.03.